The number of rotatable bonds is 4. The summed E-state index contributed by atoms with van der Waals surface area (Å²) < 4.78 is 10.5. The van der Waals surface area contributed by atoms with E-state index in [0.717, 1.165) is 11.3 Å². The smallest absolute Gasteiger partial charge is 0.280 e. The summed E-state index contributed by atoms with van der Waals surface area (Å²) in [5.41, 5.74) is 0. The Morgan fingerprint density at radius 3 is 2.76 bits per heavy atom. The van der Waals surface area contributed by atoms with Crippen LogP contribution in [0.25, 0.3) is 4.85 Å². The van der Waals surface area contributed by atoms with Crippen LogP contribution < -0.4 is 5.32 Å². The average molecular weight is 336 g/mol. The molecule has 1 unspecified atom stereocenters. The number of hydrogen-bond acceptors (Lipinski definition) is 8. The fourth-order valence-corrected chi connectivity index (χ4v) is 2.99. The first-order chi connectivity index (χ1) is 10.0. The van der Waals surface area contributed by atoms with Crippen molar-refractivity contribution >= 4 is 33.1 Å². The highest BCUT2D eigenvalue weighted by Gasteiger charge is 2.44. The van der Waals surface area contributed by atoms with Gasteiger partial charge in [-0.15, -0.1) is 11.3 Å². The minimum Gasteiger partial charge on any atom is -0.394 e. The number of nitrogens with zero attached hydrogens (tertiary/aromatic N) is 2. The molecule has 4 N–H and O–H groups in total. The second kappa shape index (κ2) is 6.85. The summed E-state index contributed by atoms with van der Waals surface area (Å²) >= 11 is 6.80. The Kier molecular flexibility index (Phi) is 5.34. The molecule has 0 spiro atoms. The van der Waals surface area contributed by atoms with Gasteiger partial charge in [0.1, 0.15) is 24.4 Å². The fraction of sp³-hybridized carbons (Fsp3) is 0.636. The van der Waals surface area contributed by atoms with Crippen molar-refractivity contribution in [3.8, 4) is 0 Å². The predicted molar refractivity (Wildman–Crippen MR) is 75.6 cm³/mol. The van der Waals surface area contributed by atoms with Gasteiger partial charge >= 0.3 is 0 Å². The van der Waals surface area contributed by atoms with Gasteiger partial charge in [-0.25, -0.2) is 9.83 Å². The lowest BCUT2D eigenvalue weighted by atomic mass is 9.97. The lowest BCUT2D eigenvalue weighted by molar-refractivity contribution is -0.254. The number of thiazole rings is 1. The maximum absolute atomic E-state index is 10.1. The molecule has 1 fully saturated rings. The highest BCUT2D eigenvalue weighted by molar-refractivity contribution is 7.20. The van der Waals surface area contributed by atoms with E-state index in [2.05, 4.69) is 15.1 Å². The van der Waals surface area contributed by atoms with Crippen LogP contribution in [0.3, 0.4) is 0 Å². The summed E-state index contributed by atoms with van der Waals surface area (Å²) in [6, 6.07) is -0.825. The second-order valence-corrected chi connectivity index (χ2v) is 5.67. The molecule has 0 bridgehead atoms. The van der Waals surface area contributed by atoms with E-state index in [1.807, 2.05) is 0 Å². The molecule has 1 aliphatic heterocycles. The molecule has 5 atom stereocenters. The summed E-state index contributed by atoms with van der Waals surface area (Å²) in [6.07, 6.45) is -4.38. The number of halogens is 1. The molecule has 0 radical (unpaired) electrons. The maximum atomic E-state index is 10.1. The van der Waals surface area contributed by atoms with Gasteiger partial charge < -0.3 is 30.1 Å². The SMILES string of the molecule is [C-]#[N+]c1sc(N[C@@H]2C(OC)O[C@H](CO)[C@H](O)[C@@H]2O)nc1Cl. The van der Waals surface area contributed by atoms with Crippen LogP contribution in [0.2, 0.25) is 5.15 Å². The van der Waals surface area contributed by atoms with Gasteiger partial charge in [-0.05, 0) is 0 Å². The Morgan fingerprint density at radius 2 is 2.24 bits per heavy atom. The average Bonchev–Trinajstić information content (AvgIpc) is 2.84. The number of hydrogen-bond donors (Lipinski definition) is 4. The molecular weight excluding hydrogens is 322 g/mol. The van der Waals surface area contributed by atoms with E-state index in [1.165, 1.54) is 7.11 Å². The molecule has 2 rings (SSSR count). The minimum absolute atomic E-state index is 0.0615. The summed E-state index contributed by atoms with van der Waals surface area (Å²) in [5.74, 6) is 0. The van der Waals surface area contributed by atoms with E-state index in [9.17, 15) is 10.2 Å². The van der Waals surface area contributed by atoms with E-state index < -0.39 is 37.3 Å². The molecule has 8 nitrogen and oxygen atoms in total. The van der Waals surface area contributed by atoms with Crippen molar-refractivity contribution in [1.82, 2.24) is 4.98 Å². The fourth-order valence-electron chi connectivity index (χ4n) is 2.00. The van der Waals surface area contributed by atoms with Crippen LogP contribution in [0.1, 0.15) is 0 Å². The molecule has 21 heavy (non-hydrogen) atoms. The summed E-state index contributed by atoms with van der Waals surface area (Å²) in [7, 11) is 1.37. The predicted octanol–water partition coefficient (Wildman–Crippen LogP) is 0.213. The number of ether oxygens (including phenoxy) is 2. The number of aliphatic hydroxyl groups excluding tert-OH is 3. The van der Waals surface area contributed by atoms with E-state index in [0.29, 0.717) is 5.13 Å². The van der Waals surface area contributed by atoms with Crippen molar-refractivity contribution in [2.75, 3.05) is 19.0 Å². The van der Waals surface area contributed by atoms with Gasteiger partial charge in [-0.2, -0.15) is 0 Å². The lowest BCUT2D eigenvalue weighted by Crippen LogP contribution is -2.61. The molecule has 0 amide bonds. The molecule has 1 aliphatic rings. The summed E-state index contributed by atoms with van der Waals surface area (Å²) in [5, 5.41) is 32.5. The van der Waals surface area contributed by atoms with Gasteiger partial charge in [-0.3, -0.25) is 0 Å². The third kappa shape index (κ3) is 3.27. The molecule has 10 heteroatoms. The van der Waals surface area contributed by atoms with Gasteiger partial charge in [0.05, 0.1) is 13.2 Å². The van der Waals surface area contributed by atoms with Gasteiger partial charge in [-0.1, -0.05) is 11.6 Å². The third-order valence-corrected chi connectivity index (χ3v) is 4.33. The highest BCUT2D eigenvalue weighted by Crippen LogP contribution is 2.36. The molecule has 0 aliphatic carbocycles. The van der Waals surface area contributed by atoms with Gasteiger partial charge in [0, 0.05) is 7.11 Å². The van der Waals surface area contributed by atoms with Gasteiger partial charge in [0.2, 0.25) is 0 Å². The number of methoxy groups -OCH3 is 1. The van der Waals surface area contributed by atoms with E-state index in [1.54, 1.807) is 0 Å². The normalized spacial score (nSPS) is 32.7. The molecule has 2 heterocycles. The van der Waals surface area contributed by atoms with Crippen LogP contribution in [0.15, 0.2) is 0 Å². The van der Waals surface area contributed by atoms with Crippen LogP contribution in [-0.2, 0) is 9.47 Å². The minimum atomic E-state index is -1.28. The first kappa shape index (κ1) is 16.4. The molecule has 0 aromatic carbocycles. The first-order valence-corrected chi connectivity index (χ1v) is 7.16. The number of nitrogens with one attached hydrogen (secondary N) is 1. The van der Waals surface area contributed by atoms with Crippen LogP contribution in [0.5, 0.6) is 0 Å². The number of aromatic nitrogens is 1. The number of aliphatic hydroxyl groups is 3. The molecular formula is C11H14ClN3O5S. The quantitative estimate of drug-likeness (QED) is 0.583. The van der Waals surface area contributed by atoms with Crippen LogP contribution in [-0.4, -0.2) is 64.7 Å². The Balaban J connectivity index is 2.18. The Bertz CT molecular complexity index is 534. The zero-order chi connectivity index (χ0) is 15.6. The Labute approximate surface area is 129 Å². The topological polar surface area (TPSA) is 108 Å². The lowest BCUT2D eigenvalue weighted by Gasteiger charge is -2.41. The van der Waals surface area contributed by atoms with Gasteiger partial charge in [0.15, 0.2) is 16.6 Å². The first-order valence-electron chi connectivity index (χ1n) is 5.97. The van der Waals surface area contributed by atoms with E-state index in [-0.39, 0.29) is 10.2 Å². The van der Waals surface area contributed by atoms with Crippen LogP contribution in [0.4, 0.5) is 10.1 Å². The largest absolute Gasteiger partial charge is 0.394 e. The zero-order valence-corrected chi connectivity index (χ0v) is 12.5. The summed E-state index contributed by atoms with van der Waals surface area (Å²) in [4.78, 5) is 7.16. The van der Waals surface area contributed by atoms with Crippen LogP contribution >= 0.6 is 22.9 Å². The maximum Gasteiger partial charge on any atom is 0.280 e. The Hall–Kier alpha value is -0.990. The number of anilines is 1. The second-order valence-electron chi connectivity index (χ2n) is 4.34. The van der Waals surface area contributed by atoms with Crippen molar-refractivity contribution in [3.63, 3.8) is 0 Å². The van der Waals surface area contributed by atoms with Crippen molar-refractivity contribution in [1.29, 1.82) is 0 Å². The third-order valence-electron chi connectivity index (χ3n) is 3.07. The molecule has 0 saturated carbocycles. The molecule has 116 valence electrons. The van der Waals surface area contributed by atoms with Crippen molar-refractivity contribution < 1.29 is 24.8 Å². The highest BCUT2D eigenvalue weighted by atomic mass is 35.5. The van der Waals surface area contributed by atoms with E-state index >= 15 is 0 Å². The van der Waals surface area contributed by atoms with Crippen molar-refractivity contribution in [3.05, 3.63) is 16.6 Å². The molecule has 1 saturated heterocycles. The Morgan fingerprint density at radius 1 is 1.52 bits per heavy atom. The molecule has 1 aromatic rings. The van der Waals surface area contributed by atoms with E-state index in [4.69, 9.17) is 32.8 Å². The zero-order valence-electron chi connectivity index (χ0n) is 10.9. The van der Waals surface area contributed by atoms with Crippen molar-refractivity contribution in [2.24, 2.45) is 0 Å². The standard InChI is InChI=1S/C11H14ClN3O5S/c1-13-9-8(12)15-11(21-9)14-5-7(18)6(17)4(3-16)20-10(5)19-2/h4-7,10,16-18H,3H2,2H3,(H,14,15)/t4-,5+,6+,7-,10?/m1/s1. The van der Waals surface area contributed by atoms with Gasteiger partial charge in [0.25, 0.3) is 5.00 Å². The van der Waals surface area contributed by atoms with Crippen LogP contribution in [0, 0.1) is 6.57 Å². The monoisotopic (exact) mass is 335 g/mol. The van der Waals surface area contributed by atoms with Crippen molar-refractivity contribution in [2.45, 2.75) is 30.6 Å². The summed E-state index contributed by atoms with van der Waals surface area (Å²) in [6.45, 7) is 6.48. The molecule has 1 aromatic heterocycles.